The highest BCUT2D eigenvalue weighted by atomic mass is 35.5. The number of rotatable bonds is 6. The van der Waals surface area contributed by atoms with E-state index in [1.54, 1.807) is 72.8 Å². The zero-order chi connectivity index (χ0) is 20.6. The number of anilines is 3. The topological polar surface area (TPSA) is 94.0 Å². The lowest BCUT2D eigenvalue weighted by atomic mass is 10.1. The van der Waals surface area contributed by atoms with Gasteiger partial charge in [0.15, 0.2) is 0 Å². The first-order valence-electron chi connectivity index (χ1n) is 8.75. The molecule has 0 aliphatic heterocycles. The number of halogens is 1. The lowest BCUT2D eigenvalue weighted by Crippen LogP contribution is -2.23. The van der Waals surface area contributed by atoms with Crippen molar-refractivity contribution in [3.63, 3.8) is 0 Å². The lowest BCUT2D eigenvalue weighted by molar-refractivity contribution is -0.114. The molecular formula is C22H17ClN4O2. The van der Waals surface area contributed by atoms with Gasteiger partial charge in [0, 0.05) is 16.4 Å². The first-order chi connectivity index (χ1) is 14.1. The summed E-state index contributed by atoms with van der Waals surface area (Å²) >= 11 is 5.86. The summed E-state index contributed by atoms with van der Waals surface area (Å²) in [4.78, 5) is 24.9. The number of hydrogen-bond donors (Lipinski definition) is 3. The average Bonchev–Trinajstić information content (AvgIpc) is 2.74. The van der Waals surface area contributed by atoms with Crippen LogP contribution >= 0.6 is 11.6 Å². The number of nitriles is 1. The molecule has 0 aliphatic rings. The van der Waals surface area contributed by atoms with Crippen LogP contribution in [0.5, 0.6) is 0 Å². The third-order valence-corrected chi connectivity index (χ3v) is 4.29. The first kappa shape index (κ1) is 19.9. The van der Waals surface area contributed by atoms with Gasteiger partial charge in [0.1, 0.15) is 6.07 Å². The van der Waals surface area contributed by atoms with Gasteiger partial charge in [-0.15, -0.1) is 0 Å². The van der Waals surface area contributed by atoms with E-state index in [2.05, 4.69) is 16.0 Å². The normalized spacial score (nSPS) is 9.93. The molecule has 0 radical (unpaired) electrons. The van der Waals surface area contributed by atoms with E-state index in [0.29, 0.717) is 33.2 Å². The van der Waals surface area contributed by atoms with Gasteiger partial charge in [-0.05, 0) is 48.5 Å². The zero-order valence-corrected chi connectivity index (χ0v) is 16.0. The van der Waals surface area contributed by atoms with Crippen molar-refractivity contribution in [2.24, 2.45) is 0 Å². The fourth-order valence-electron chi connectivity index (χ4n) is 2.63. The summed E-state index contributed by atoms with van der Waals surface area (Å²) in [7, 11) is 0. The molecule has 0 saturated heterocycles. The van der Waals surface area contributed by atoms with Gasteiger partial charge in [0.2, 0.25) is 5.91 Å². The van der Waals surface area contributed by atoms with Crippen LogP contribution in [0.15, 0.2) is 72.8 Å². The molecule has 3 aromatic carbocycles. The van der Waals surface area contributed by atoms with Gasteiger partial charge in [0.05, 0.1) is 23.4 Å². The van der Waals surface area contributed by atoms with Crippen molar-refractivity contribution >= 4 is 40.5 Å². The van der Waals surface area contributed by atoms with Gasteiger partial charge in [-0.3, -0.25) is 9.59 Å². The highest BCUT2D eigenvalue weighted by Crippen LogP contribution is 2.19. The minimum absolute atomic E-state index is 0.0645. The van der Waals surface area contributed by atoms with Gasteiger partial charge in [0.25, 0.3) is 5.91 Å². The highest BCUT2D eigenvalue weighted by molar-refractivity contribution is 6.30. The number of nitrogens with one attached hydrogen (secondary N) is 3. The van der Waals surface area contributed by atoms with Gasteiger partial charge >= 0.3 is 0 Å². The molecule has 3 aromatic rings. The van der Waals surface area contributed by atoms with Crippen LogP contribution in [0.2, 0.25) is 5.02 Å². The Hall–Kier alpha value is -3.82. The van der Waals surface area contributed by atoms with Crippen molar-refractivity contribution in [1.29, 1.82) is 5.26 Å². The van der Waals surface area contributed by atoms with E-state index in [-0.39, 0.29) is 18.4 Å². The molecular weight excluding hydrogens is 388 g/mol. The Kier molecular flexibility index (Phi) is 6.46. The van der Waals surface area contributed by atoms with Crippen molar-refractivity contribution in [3.05, 3.63) is 88.9 Å². The maximum absolute atomic E-state index is 12.6. The van der Waals surface area contributed by atoms with E-state index >= 15 is 0 Å². The smallest absolute Gasteiger partial charge is 0.257 e. The Bertz CT molecular complexity index is 1070. The van der Waals surface area contributed by atoms with Gasteiger partial charge in [-0.25, -0.2) is 0 Å². The highest BCUT2D eigenvalue weighted by Gasteiger charge is 2.13. The third kappa shape index (κ3) is 5.34. The predicted molar refractivity (Wildman–Crippen MR) is 114 cm³/mol. The Morgan fingerprint density at radius 2 is 1.52 bits per heavy atom. The standard InChI is InChI=1S/C22H17ClN4O2/c23-16-9-11-17(12-10-16)26-22(29)18-6-2-4-8-20(18)25-14-21(28)27-19-7-3-1-5-15(19)13-24/h1-12,25H,14H2,(H,26,29)(H,27,28). The SMILES string of the molecule is N#Cc1ccccc1NC(=O)CNc1ccccc1C(=O)Nc1ccc(Cl)cc1. The van der Waals surface area contributed by atoms with Crippen molar-refractivity contribution in [2.75, 3.05) is 22.5 Å². The summed E-state index contributed by atoms with van der Waals surface area (Å²) in [5.74, 6) is -0.647. The molecule has 7 heteroatoms. The van der Waals surface area contributed by atoms with Gasteiger partial charge in [-0.1, -0.05) is 35.9 Å². The van der Waals surface area contributed by atoms with E-state index in [9.17, 15) is 9.59 Å². The van der Waals surface area contributed by atoms with E-state index < -0.39 is 0 Å². The predicted octanol–water partition coefficient (Wildman–Crippen LogP) is 4.51. The van der Waals surface area contributed by atoms with Crippen molar-refractivity contribution in [1.82, 2.24) is 0 Å². The molecule has 0 atom stereocenters. The Balaban J connectivity index is 1.66. The molecule has 0 saturated carbocycles. The molecule has 0 aliphatic carbocycles. The third-order valence-electron chi connectivity index (χ3n) is 4.03. The molecule has 0 bridgehead atoms. The Morgan fingerprint density at radius 1 is 0.862 bits per heavy atom. The summed E-state index contributed by atoms with van der Waals surface area (Å²) in [5.41, 5.74) is 2.34. The van der Waals surface area contributed by atoms with E-state index in [0.717, 1.165) is 0 Å². The number of para-hydroxylation sites is 2. The maximum atomic E-state index is 12.6. The molecule has 0 spiro atoms. The van der Waals surface area contributed by atoms with Crippen molar-refractivity contribution in [3.8, 4) is 6.07 Å². The van der Waals surface area contributed by atoms with E-state index in [1.165, 1.54) is 0 Å². The minimum atomic E-state index is -0.333. The first-order valence-corrected chi connectivity index (χ1v) is 9.13. The molecule has 0 unspecified atom stereocenters. The summed E-state index contributed by atoms with van der Waals surface area (Å²) < 4.78 is 0. The van der Waals surface area contributed by atoms with Gasteiger partial charge < -0.3 is 16.0 Å². The van der Waals surface area contributed by atoms with E-state index in [1.807, 2.05) is 6.07 Å². The average molecular weight is 405 g/mol. The number of nitrogens with zero attached hydrogens (tertiary/aromatic N) is 1. The maximum Gasteiger partial charge on any atom is 0.257 e. The van der Waals surface area contributed by atoms with Crippen LogP contribution in [0.4, 0.5) is 17.1 Å². The fraction of sp³-hybridized carbons (Fsp3) is 0.0455. The van der Waals surface area contributed by atoms with Crippen LogP contribution in [0.3, 0.4) is 0 Å². The molecule has 29 heavy (non-hydrogen) atoms. The summed E-state index contributed by atoms with van der Waals surface area (Å²) in [6, 6.07) is 22.4. The second kappa shape index (κ2) is 9.40. The van der Waals surface area contributed by atoms with Crippen LogP contribution < -0.4 is 16.0 Å². The molecule has 144 valence electrons. The van der Waals surface area contributed by atoms with Crippen LogP contribution in [0.1, 0.15) is 15.9 Å². The number of carbonyl (C=O) groups excluding carboxylic acids is 2. The molecule has 3 rings (SSSR count). The molecule has 3 N–H and O–H groups in total. The van der Waals surface area contributed by atoms with Crippen LogP contribution in [0.25, 0.3) is 0 Å². The molecule has 0 fully saturated rings. The number of benzene rings is 3. The monoisotopic (exact) mass is 404 g/mol. The molecule has 2 amide bonds. The van der Waals surface area contributed by atoms with Crippen LogP contribution in [0, 0.1) is 11.3 Å². The van der Waals surface area contributed by atoms with Crippen LogP contribution in [-0.4, -0.2) is 18.4 Å². The summed E-state index contributed by atoms with van der Waals surface area (Å²) in [6.45, 7) is -0.0645. The largest absolute Gasteiger partial charge is 0.376 e. The lowest BCUT2D eigenvalue weighted by Gasteiger charge is -2.13. The minimum Gasteiger partial charge on any atom is -0.376 e. The second-order valence-electron chi connectivity index (χ2n) is 6.07. The number of carbonyl (C=O) groups is 2. The second-order valence-corrected chi connectivity index (χ2v) is 6.50. The Morgan fingerprint density at radius 3 is 2.24 bits per heavy atom. The summed E-state index contributed by atoms with van der Waals surface area (Å²) in [5, 5.41) is 18.1. The summed E-state index contributed by atoms with van der Waals surface area (Å²) in [6.07, 6.45) is 0. The van der Waals surface area contributed by atoms with Crippen molar-refractivity contribution < 1.29 is 9.59 Å². The zero-order valence-electron chi connectivity index (χ0n) is 15.3. The molecule has 0 aromatic heterocycles. The fourth-order valence-corrected chi connectivity index (χ4v) is 2.75. The molecule has 6 nitrogen and oxygen atoms in total. The number of hydrogen-bond acceptors (Lipinski definition) is 4. The Labute approximate surface area is 173 Å². The quantitative estimate of drug-likeness (QED) is 0.563. The van der Waals surface area contributed by atoms with Crippen LogP contribution in [-0.2, 0) is 4.79 Å². The van der Waals surface area contributed by atoms with E-state index in [4.69, 9.17) is 16.9 Å². The number of amides is 2. The van der Waals surface area contributed by atoms with Crippen molar-refractivity contribution in [2.45, 2.75) is 0 Å². The molecule has 0 heterocycles. The van der Waals surface area contributed by atoms with Gasteiger partial charge in [-0.2, -0.15) is 5.26 Å².